The molecule has 0 atom stereocenters. The van der Waals surface area contributed by atoms with Crippen molar-refractivity contribution in [1.29, 1.82) is 0 Å². The van der Waals surface area contributed by atoms with E-state index >= 15 is 0 Å². The molecule has 0 bridgehead atoms. The van der Waals surface area contributed by atoms with Gasteiger partial charge in [-0.25, -0.2) is 9.98 Å². The molecule has 0 aliphatic carbocycles. The Morgan fingerprint density at radius 3 is 2.28 bits per heavy atom. The molecule has 1 heterocycles. The molecule has 50 heavy (non-hydrogen) atoms. The number of amides is 2. The smallest absolute Gasteiger partial charge is 0.408 e. The van der Waals surface area contributed by atoms with Crippen LogP contribution in [0.1, 0.15) is 56.5 Å². The van der Waals surface area contributed by atoms with Crippen LogP contribution in [-0.2, 0) is 16.9 Å². The Balaban J connectivity index is 1.61. The lowest BCUT2D eigenvalue weighted by Gasteiger charge is -2.35. The van der Waals surface area contributed by atoms with Crippen LogP contribution in [0.15, 0.2) is 82.0 Å². The Kier molecular flexibility index (Phi) is 14.2. The molecule has 3 rings (SSSR count). The molecule has 0 saturated carbocycles. The van der Waals surface area contributed by atoms with E-state index in [0.717, 1.165) is 0 Å². The lowest BCUT2D eigenvalue weighted by Crippen LogP contribution is -2.46. The Bertz CT molecular complexity index is 1620. The first-order valence-electron chi connectivity index (χ1n) is 16.0. The summed E-state index contributed by atoms with van der Waals surface area (Å²) >= 11 is 6.44. The maximum absolute atomic E-state index is 13.8. The predicted octanol–water partition coefficient (Wildman–Crippen LogP) is 7.06. The highest BCUT2D eigenvalue weighted by molar-refractivity contribution is 6.32. The average Bonchev–Trinajstić information content (AvgIpc) is 3.62. The second-order valence-electron chi connectivity index (χ2n) is 13.2. The fourth-order valence-electron chi connectivity index (χ4n) is 5.03. The largest absolute Gasteiger partial charge is 0.492 e. The molecular weight excluding hydrogens is 671 g/mol. The van der Waals surface area contributed by atoms with Crippen molar-refractivity contribution < 1.29 is 27.5 Å². The lowest BCUT2D eigenvalue weighted by atomic mass is 9.91. The SMILES string of the molecule is C=N/C(=N\CC(F)(F)F)NCc1ccc(OCCCN(CC(C)(C)CNC(=O)c2ccc(N=C)cc2)C(=O)CC(C)(C)n2cccc2)c(Cl)c1. The summed E-state index contributed by atoms with van der Waals surface area (Å²) in [6.07, 6.45) is 0.190. The van der Waals surface area contributed by atoms with Gasteiger partial charge in [0.15, 0.2) is 0 Å². The highest BCUT2D eigenvalue weighted by atomic mass is 35.5. The van der Waals surface area contributed by atoms with Gasteiger partial charge < -0.3 is 24.8 Å². The van der Waals surface area contributed by atoms with Crippen LogP contribution in [-0.4, -0.2) is 79.6 Å². The zero-order valence-corrected chi connectivity index (χ0v) is 29.7. The van der Waals surface area contributed by atoms with E-state index in [4.69, 9.17) is 16.3 Å². The first-order valence-corrected chi connectivity index (χ1v) is 16.4. The fraction of sp³-hybridized carbons (Fsp3) is 0.417. The molecule has 0 radical (unpaired) electrons. The van der Waals surface area contributed by atoms with Crippen LogP contribution >= 0.6 is 11.6 Å². The highest BCUT2D eigenvalue weighted by Gasteiger charge is 2.30. The number of carbonyl (C=O) groups is 2. The van der Waals surface area contributed by atoms with E-state index in [1.165, 1.54) is 0 Å². The van der Waals surface area contributed by atoms with Crippen molar-refractivity contribution in [3.8, 4) is 5.75 Å². The number of benzene rings is 2. The van der Waals surface area contributed by atoms with Gasteiger partial charge >= 0.3 is 6.18 Å². The first kappa shape index (κ1) is 39.8. The zero-order chi connectivity index (χ0) is 37.0. The molecule has 2 N–H and O–H groups in total. The minimum absolute atomic E-state index is 0.0299. The van der Waals surface area contributed by atoms with Gasteiger partial charge in [-0.05, 0) is 93.2 Å². The maximum Gasteiger partial charge on any atom is 0.408 e. The third-order valence-electron chi connectivity index (χ3n) is 7.73. The topological polar surface area (TPSA) is 113 Å². The van der Waals surface area contributed by atoms with E-state index in [-0.39, 0.29) is 37.3 Å². The molecule has 1 aromatic heterocycles. The minimum atomic E-state index is -4.45. The number of alkyl halides is 3. The molecule has 3 aromatic rings. The van der Waals surface area contributed by atoms with Crippen LogP contribution in [0.2, 0.25) is 5.02 Å². The van der Waals surface area contributed by atoms with Crippen LogP contribution in [0.5, 0.6) is 5.75 Å². The number of nitrogens with one attached hydrogen (secondary N) is 2. The van der Waals surface area contributed by atoms with Crippen molar-refractivity contribution in [2.45, 2.75) is 58.8 Å². The van der Waals surface area contributed by atoms with Gasteiger partial charge in [-0.3, -0.25) is 14.6 Å². The summed E-state index contributed by atoms with van der Waals surface area (Å²) in [4.78, 5) is 39.2. The number of halogens is 4. The number of hydrogen-bond donors (Lipinski definition) is 2. The molecule has 0 saturated heterocycles. The average molecular weight is 716 g/mol. The molecule has 14 heteroatoms. The number of guanidine groups is 1. The van der Waals surface area contributed by atoms with Crippen molar-refractivity contribution in [3.63, 3.8) is 0 Å². The van der Waals surface area contributed by atoms with Crippen molar-refractivity contribution >= 4 is 48.5 Å². The van der Waals surface area contributed by atoms with Crippen LogP contribution in [0, 0.1) is 5.41 Å². The van der Waals surface area contributed by atoms with E-state index in [1.807, 2.05) is 61.7 Å². The van der Waals surface area contributed by atoms with Crippen LogP contribution in [0.25, 0.3) is 0 Å². The number of hydrogen-bond acceptors (Lipinski definition) is 5. The zero-order valence-electron chi connectivity index (χ0n) is 28.9. The molecule has 10 nitrogen and oxygen atoms in total. The summed E-state index contributed by atoms with van der Waals surface area (Å²) < 4.78 is 45.4. The predicted molar refractivity (Wildman–Crippen MR) is 193 cm³/mol. The van der Waals surface area contributed by atoms with Gasteiger partial charge in [0.1, 0.15) is 12.3 Å². The number of aliphatic imine (C=N–C) groups is 3. The van der Waals surface area contributed by atoms with Gasteiger partial charge in [0.05, 0.1) is 17.3 Å². The second-order valence-corrected chi connectivity index (χ2v) is 13.6. The van der Waals surface area contributed by atoms with Crippen LogP contribution < -0.4 is 15.4 Å². The van der Waals surface area contributed by atoms with Gasteiger partial charge in [0, 0.05) is 56.1 Å². The van der Waals surface area contributed by atoms with Crippen LogP contribution in [0.3, 0.4) is 0 Å². The molecule has 0 aliphatic rings. The quantitative estimate of drug-likeness (QED) is 0.0886. The van der Waals surface area contributed by atoms with Crippen molar-refractivity contribution in [2.24, 2.45) is 20.4 Å². The Labute approximate surface area is 296 Å². The summed E-state index contributed by atoms with van der Waals surface area (Å²) in [6.45, 7) is 14.9. The highest BCUT2D eigenvalue weighted by Crippen LogP contribution is 2.27. The summed E-state index contributed by atoms with van der Waals surface area (Å²) in [5.74, 6) is -0.0521. The molecule has 2 amide bonds. The van der Waals surface area contributed by atoms with Crippen molar-refractivity contribution in [1.82, 2.24) is 20.1 Å². The van der Waals surface area contributed by atoms with Crippen LogP contribution in [0.4, 0.5) is 18.9 Å². The van der Waals surface area contributed by atoms with E-state index in [2.05, 4.69) is 39.0 Å². The number of nitrogens with zero attached hydrogens (tertiary/aromatic N) is 5. The minimum Gasteiger partial charge on any atom is -0.492 e. The summed E-state index contributed by atoms with van der Waals surface area (Å²) in [7, 11) is 0. The van der Waals surface area contributed by atoms with Gasteiger partial charge in [0.2, 0.25) is 11.9 Å². The van der Waals surface area contributed by atoms with Gasteiger partial charge in [0.25, 0.3) is 5.91 Å². The van der Waals surface area contributed by atoms with Gasteiger partial charge in [-0.15, -0.1) is 0 Å². The van der Waals surface area contributed by atoms with E-state index in [9.17, 15) is 22.8 Å². The van der Waals surface area contributed by atoms with E-state index in [1.54, 1.807) is 42.5 Å². The molecule has 0 fully saturated rings. The molecule has 2 aromatic carbocycles. The molecule has 0 aliphatic heterocycles. The standard InChI is InChI=1S/C36H45ClF3N7O3/c1-34(2,23-44-32(49)27-11-13-28(41-5)14-12-27)25-46(31(48)21-35(3,4)47-17-7-8-18-47)16-9-19-50-30-15-10-26(20-29(30)37)22-43-33(42-6)45-24-36(38,39)40/h7-8,10-15,17-18,20H,5-6,9,16,19,21-25H2,1-4H3,(H,43,45)(H,44,49). The molecular formula is C36H45ClF3N7O3. The summed E-state index contributed by atoms with van der Waals surface area (Å²) in [5.41, 5.74) is 0.928. The number of aromatic nitrogens is 1. The number of ether oxygens (including phenoxy) is 1. The monoisotopic (exact) mass is 715 g/mol. The lowest BCUT2D eigenvalue weighted by molar-refractivity contribution is -0.134. The number of carbonyl (C=O) groups excluding carboxylic acids is 2. The third-order valence-corrected chi connectivity index (χ3v) is 8.03. The second kappa shape index (κ2) is 17.8. The van der Waals surface area contributed by atoms with Crippen molar-refractivity contribution in [3.05, 3.63) is 83.1 Å². The molecule has 0 unspecified atom stereocenters. The Morgan fingerprint density at radius 1 is 1.00 bits per heavy atom. The van der Waals surface area contributed by atoms with Gasteiger partial charge in [-0.1, -0.05) is 31.5 Å². The normalized spacial score (nSPS) is 12.3. The maximum atomic E-state index is 13.8. The fourth-order valence-corrected chi connectivity index (χ4v) is 5.29. The number of rotatable bonds is 17. The Morgan fingerprint density at radius 2 is 1.68 bits per heavy atom. The summed E-state index contributed by atoms with van der Waals surface area (Å²) in [5, 5.41) is 6.01. The Hall–Kier alpha value is -4.65. The molecule has 270 valence electrons. The summed E-state index contributed by atoms with van der Waals surface area (Å²) in [6, 6.07) is 15.7. The first-order chi connectivity index (χ1) is 23.5. The third kappa shape index (κ3) is 13.0. The van der Waals surface area contributed by atoms with Gasteiger partial charge in [-0.2, -0.15) is 13.2 Å². The van der Waals surface area contributed by atoms with Crippen molar-refractivity contribution in [2.75, 3.05) is 32.8 Å². The van der Waals surface area contributed by atoms with E-state index in [0.29, 0.717) is 53.6 Å². The molecule has 0 spiro atoms. The van der Waals surface area contributed by atoms with E-state index < -0.39 is 23.7 Å².